The zero-order valence-corrected chi connectivity index (χ0v) is 15.3. The molecule has 0 fully saturated rings. The second kappa shape index (κ2) is 7.17. The summed E-state index contributed by atoms with van der Waals surface area (Å²) in [5.41, 5.74) is 2.02. The topological polar surface area (TPSA) is 105 Å². The van der Waals surface area contributed by atoms with Gasteiger partial charge in [-0.2, -0.15) is 9.97 Å². The highest BCUT2D eigenvalue weighted by molar-refractivity contribution is 6.04. The van der Waals surface area contributed by atoms with Gasteiger partial charge in [0.05, 0.1) is 11.1 Å². The molecule has 0 amide bonds. The van der Waals surface area contributed by atoms with E-state index in [1.165, 1.54) is 12.1 Å². The van der Waals surface area contributed by atoms with Crippen molar-refractivity contribution in [1.82, 2.24) is 9.97 Å². The minimum absolute atomic E-state index is 0.0131. The fraction of sp³-hybridized carbons (Fsp3) is 0. The van der Waals surface area contributed by atoms with Crippen LogP contribution in [0.4, 0.5) is 0 Å². The van der Waals surface area contributed by atoms with E-state index in [0.717, 1.165) is 0 Å². The summed E-state index contributed by atoms with van der Waals surface area (Å²) < 4.78 is 21.2. The molecule has 0 N–H and O–H groups in total. The quantitative estimate of drug-likeness (QED) is 0.409. The smallest absolute Gasteiger partial charge is 0.402 e. The van der Waals surface area contributed by atoms with Crippen LogP contribution in [0.2, 0.25) is 0 Å². The first-order valence-corrected chi connectivity index (χ1v) is 8.92. The molecule has 0 bridgehead atoms. The first-order chi connectivity index (χ1) is 14.7. The molecule has 3 aromatic carbocycles. The molecule has 2 heterocycles. The highest BCUT2D eigenvalue weighted by Crippen LogP contribution is 2.23. The number of para-hydroxylation sites is 4. The van der Waals surface area contributed by atoms with E-state index in [2.05, 4.69) is 9.97 Å². The van der Waals surface area contributed by atoms with Crippen molar-refractivity contribution < 1.29 is 27.9 Å². The molecule has 0 radical (unpaired) electrons. The molecule has 0 saturated carbocycles. The van der Waals surface area contributed by atoms with Crippen molar-refractivity contribution in [2.24, 2.45) is 0 Å². The summed E-state index contributed by atoms with van der Waals surface area (Å²) in [5, 5.41) is 0. The van der Waals surface area contributed by atoms with E-state index in [4.69, 9.17) is 18.3 Å². The number of hydrogen-bond acceptors (Lipinski definition) is 8. The first-order valence-electron chi connectivity index (χ1n) is 8.92. The third-order valence-corrected chi connectivity index (χ3v) is 4.28. The van der Waals surface area contributed by atoms with Gasteiger partial charge in [-0.25, -0.2) is 9.59 Å². The van der Waals surface area contributed by atoms with Gasteiger partial charge in [0, 0.05) is 0 Å². The van der Waals surface area contributed by atoms with Crippen LogP contribution < -0.4 is 9.47 Å². The molecule has 5 aromatic rings. The summed E-state index contributed by atoms with van der Waals surface area (Å²) in [6, 6.07) is 20.0. The van der Waals surface area contributed by atoms with Crippen molar-refractivity contribution in [2.75, 3.05) is 0 Å². The summed E-state index contributed by atoms with van der Waals surface area (Å²) in [5.74, 6) is -1.63. The van der Waals surface area contributed by atoms with Crippen LogP contribution in [0.1, 0.15) is 20.7 Å². The molecule has 0 aliphatic rings. The van der Waals surface area contributed by atoms with Crippen molar-refractivity contribution in [1.29, 1.82) is 0 Å². The Kier molecular flexibility index (Phi) is 4.21. The molecule has 5 rings (SSSR count). The lowest BCUT2D eigenvalue weighted by molar-refractivity contribution is 0.0642. The molecule has 8 heteroatoms. The maximum atomic E-state index is 12.6. The normalized spacial score (nSPS) is 10.9. The van der Waals surface area contributed by atoms with E-state index in [-0.39, 0.29) is 23.3 Å². The van der Waals surface area contributed by atoms with Crippen LogP contribution in [0.5, 0.6) is 12.2 Å². The predicted octanol–water partition coefficient (Wildman–Crippen LogP) is 4.41. The SMILES string of the molecule is O=C(Oc1nc2ccccc2o1)c1ccccc1C(=O)Oc1nc2ccccc2o1. The standard InChI is InChI=1S/C22H12N2O6/c25-19(29-21-23-15-9-3-5-11-17(15)27-21)13-7-1-2-8-14(13)20(26)30-22-24-16-10-4-6-12-18(16)28-22/h1-12H. The largest absolute Gasteiger partial charge is 0.409 e. The van der Waals surface area contributed by atoms with E-state index >= 15 is 0 Å². The van der Waals surface area contributed by atoms with Crippen molar-refractivity contribution in [3.05, 3.63) is 83.9 Å². The second-order valence-electron chi connectivity index (χ2n) is 6.22. The minimum atomic E-state index is -0.813. The van der Waals surface area contributed by atoms with Crippen LogP contribution in [-0.2, 0) is 0 Å². The van der Waals surface area contributed by atoms with Crippen molar-refractivity contribution in [3.8, 4) is 12.2 Å². The second-order valence-corrected chi connectivity index (χ2v) is 6.22. The lowest BCUT2D eigenvalue weighted by Crippen LogP contribution is -2.17. The van der Waals surface area contributed by atoms with Crippen LogP contribution >= 0.6 is 0 Å². The molecular formula is C22H12N2O6. The Balaban J connectivity index is 1.39. The average molecular weight is 400 g/mol. The summed E-state index contributed by atoms with van der Waals surface area (Å²) >= 11 is 0. The number of oxazole rings is 2. The third-order valence-electron chi connectivity index (χ3n) is 4.28. The van der Waals surface area contributed by atoms with E-state index in [9.17, 15) is 9.59 Å². The molecule has 0 aliphatic carbocycles. The highest BCUT2D eigenvalue weighted by Gasteiger charge is 2.23. The third kappa shape index (κ3) is 3.26. The van der Waals surface area contributed by atoms with E-state index in [1.54, 1.807) is 60.7 Å². The predicted molar refractivity (Wildman–Crippen MR) is 104 cm³/mol. The number of ether oxygens (including phenoxy) is 2. The van der Waals surface area contributed by atoms with Crippen LogP contribution in [0, 0.1) is 0 Å². The molecule has 146 valence electrons. The fourth-order valence-corrected chi connectivity index (χ4v) is 2.90. The zero-order chi connectivity index (χ0) is 20.5. The number of benzene rings is 3. The Bertz CT molecular complexity index is 1230. The molecule has 8 nitrogen and oxygen atoms in total. The number of esters is 2. The average Bonchev–Trinajstić information content (AvgIpc) is 3.36. The van der Waals surface area contributed by atoms with Gasteiger partial charge in [0.1, 0.15) is 11.0 Å². The van der Waals surface area contributed by atoms with Gasteiger partial charge in [0.15, 0.2) is 11.2 Å². The maximum absolute atomic E-state index is 12.6. The number of carbonyl (C=O) groups excluding carboxylic acids is 2. The van der Waals surface area contributed by atoms with Gasteiger partial charge in [0.2, 0.25) is 0 Å². The molecule has 0 aliphatic heterocycles. The molecule has 0 atom stereocenters. The molecule has 2 aromatic heterocycles. The van der Waals surface area contributed by atoms with Crippen LogP contribution in [0.25, 0.3) is 22.2 Å². The lowest BCUT2D eigenvalue weighted by Gasteiger charge is -2.06. The van der Waals surface area contributed by atoms with Gasteiger partial charge in [-0.1, -0.05) is 36.4 Å². The van der Waals surface area contributed by atoms with E-state index in [1.807, 2.05) is 0 Å². The van der Waals surface area contributed by atoms with E-state index < -0.39 is 11.9 Å². The van der Waals surface area contributed by atoms with Crippen molar-refractivity contribution >= 4 is 34.1 Å². The van der Waals surface area contributed by atoms with Crippen LogP contribution in [-0.4, -0.2) is 21.9 Å². The van der Waals surface area contributed by atoms with Crippen molar-refractivity contribution in [2.45, 2.75) is 0 Å². The summed E-state index contributed by atoms with van der Waals surface area (Å²) in [7, 11) is 0. The van der Waals surface area contributed by atoms with Crippen molar-refractivity contribution in [3.63, 3.8) is 0 Å². The van der Waals surface area contributed by atoms with Crippen LogP contribution in [0.15, 0.2) is 81.6 Å². The Morgan fingerprint density at radius 3 is 1.43 bits per heavy atom. The molecule has 0 saturated heterocycles. The first kappa shape index (κ1) is 17.6. The number of fused-ring (bicyclic) bond motifs is 2. The molecule has 0 spiro atoms. The number of aromatic nitrogens is 2. The van der Waals surface area contributed by atoms with Gasteiger partial charge in [0.25, 0.3) is 0 Å². The number of hydrogen-bond donors (Lipinski definition) is 0. The monoisotopic (exact) mass is 400 g/mol. The minimum Gasteiger partial charge on any atom is -0.409 e. The zero-order valence-electron chi connectivity index (χ0n) is 15.3. The molecule has 0 unspecified atom stereocenters. The van der Waals surface area contributed by atoms with Gasteiger partial charge in [-0.3, -0.25) is 0 Å². The summed E-state index contributed by atoms with van der Waals surface area (Å²) in [6.45, 7) is 0. The number of nitrogens with zero attached hydrogens (tertiary/aromatic N) is 2. The van der Waals surface area contributed by atoms with Gasteiger partial charge >= 0.3 is 24.1 Å². The molecular weight excluding hydrogens is 388 g/mol. The summed E-state index contributed by atoms with van der Waals surface area (Å²) in [6.07, 6.45) is -0.438. The summed E-state index contributed by atoms with van der Waals surface area (Å²) in [4.78, 5) is 33.5. The number of carbonyl (C=O) groups is 2. The number of rotatable bonds is 4. The fourth-order valence-electron chi connectivity index (χ4n) is 2.90. The Labute approximate surface area is 168 Å². The van der Waals surface area contributed by atoms with Gasteiger partial charge in [-0.05, 0) is 36.4 Å². The van der Waals surface area contributed by atoms with Gasteiger partial charge < -0.3 is 18.3 Å². The Hall–Kier alpha value is -4.46. The van der Waals surface area contributed by atoms with E-state index in [0.29, 0.717) is 22.2 Å². The van der Waals surface area contributed by atoms with Gasteiger partial charge in [-0.15, -0.1) is 0 Å². The Morgan fingerprint density at radius 1 is 0.600 bits per heavy atom. The highest BCUT2D eigenvalue weighted by atomic mass is 16.6. The lowest BCUT2D eigenvalue weighted by atomic mass is 10.1. The maximum Gasteiger partial charge on any atom is 0.402 e. The van der Waals surface area contributed by atoms with Crippen LogP contribution in [0.3, 0.4) is 0 Å². The molecule has 30 heavy (non-hydrogen) atoms. The Morgan fingerprint density at radius 2 is 1.00 bits per heavy atom.